The molecule has 0 spiro atoms. The summed E-state index contributed by atoms with van der Waals surface area (Å²) in [6.45, 7) is 7.27. The second-order valence-corrected chi connectivity index (χ2v) is 5.87. The van der Waals surface area contributed by atoms with Gasteiger partial charge in [0.25, 0.3) is 0 Å². The molecule has 0 amide bonds. The Labute approximate surface area is 108 Å². The second kappa shape index (κ2) is 4.96. The molecular weight excluding hydrogens is 232 g/mol. The van der Waals surface area contributed by atoms with Crippen LogP contribution in [0.5, 0.6) is 0 Å². The fourth-order valence-corrected chi connectivity index (χ4v) is 2.76. The van der Waals surface area contributed by atoms with Gasteiger partial charge in [-0.1, -0.05) is 26.8 Å². The van der Waals surface area contributed by atoms with Crippen molar-refractivity contribution in [1.29, 1.82) is 0 Å². The summed E-state index contributed by atoms with van der Waals surface area (Å²) in [4.78, 5) is 0. The lowest BCUT2D eigenvalue weighted by Crippen LogP contribution is -2.35. The van der Waals surface area contributed by atoms with Gasteiger partial charge in [0.05, 0.1) is 0 Å². The minimum Gasteiger partial charge on any atom is -0.314 e. The molecule has 0 radical (unpaired) electrons. The van der Waals surface area contributed by atoms with E-state index in [1.54, 1.807) is 0 Å². The highest BCUT2D eigenvalue weighted by molar-refractivity contribution is 5.22. The highest BCUT2D eigenvalue weighted by Gasteiger charge is 2.49. The van der Waals surface area contributed by atoms with Crippen LogP contribution in [-0.2, 0) is 6.42 Å². The molecule has 1 aromatic rings. The number of halogens is 2. The van der Waals surface area contributed by atoms with Crippen LogP contribution in [0.4, 0.5) is 8.78 Å². The lowest BCUT2D eigenvalue weighted by atomic mass is 9.96. The van der Waals surface area contributed by atoms with Crippen molar-refractivity contribution in [2.75, 3.05) is 6.54 Å². The van der Waals surface area contributed by atoms with Crippen LogP contribution in [0.1, 0.15) is 32.8 Å². The van der Waals surface area contributed by atoms with E-state index in [0.717, 1.165) is 13.0 Å². The molecule has 2 rings (SSSR count). The zero-order valence-electron chi connectivity index (χ0n) is 11.3. The Bertz CT molecular complexity index is 408. The van der Waals surface area contributed by atoms with Gasteiger partial charge in [-0.15, -0.1) is 0 Å². The predicted molar refractivity (Wildman–Crippen MR) is 69.4 cm³/mol. The van der Waals surface area contributed by atoms with Gasteiger partial charge in [0.15, 0.2) is 0 Å². The summed E-state index contributed by atoms with van der Waals surface area (Å²) in [6, 6.07) is 4.24. The maximum Gasteiger partial charge on any atom is 0.129 e. The van der Waals surface area contributed by atoms with E-state index in [9.17, 15) is 8.78 Å². The van der Waals surface area contributed by atoms with Gasteiger partial charge >= 0.3 is 0 Å². The SMILES string of the molecule is CCNC(Cc1c(F)cccc1F)C1CC1(C)C. The maximum absolute atomic E-state index is 13.7. The Hall–Kier alpha value is -0.960. The normalized spacial score (nSPS) is 22.8. The van der Waals surface area contributed by atoms with E-state index in [1.165, 1.54) is 18.2 Å². The van der Waals surface area contributed by atoms with E-state index < -0.39 is 11.6 Å². The van der Waals surface area contributed by atoms with Gasteiger partial charge in [-0.05, 0) is 42.9 Å². The van der Waals surface area contributed by atoms with E-state index in [-0.39, 0.29) is 11.6 Å². The van der Waals surface area contributed by atoms with Crippen LogP contribution < -0.4 is 5.32 Å². The van der Waals surface area contributed by atoms with Crippen molar-refractivity contribution in [3.63, 3.8) is 0 Å². The van der Waals surface area contributed by atoms with Crippen LogP contribution in [0.15, 0.2) is 18.2 Å². The molecule has 2 atom stereocenters. The van der Waals surface area contributed by atoms with Gasteiger partial charge in [0.2, 0.25) is 0 Å². The molecular formula is C15H21F2N. The predicted octanol–water partition coefficient (Wildman–Crippen LogP) is 3.53. The van der Waals surface area contributed by atoms with E-state index >= 15 is 0 Å². The third kappa shape index (κ3) is 2.72. The molecule has 0 aromatic heterocycles. The molecule has 1 fully saturated rings. The molecule has 3 heteroatoms. The lowest BCUT2D eigenvalue weighted by Gasteiger charge is -2.20. The first-order valence-corrected chi connectivity index (χ1v) is 6.62. The zero-order chi connectivity index (χ0) is 13.3. The number of rotatable bonds is 5. The van der Waals surface area contributed by atoms with Crippen molar-refractivity contribution in [3.8, 4) is 0 Å². The molecule has 0 saturated heterocycles. The quantitative estimate of drug-likeness (QED) is 0.846. The van der Waals surface area contributed by atoms with Gasteiger partial charge in [-0.25, -0.2) is 8.78 Å². The molecule has 1 nitrogen and oxygen atoms in total. The summed E-state index contributed by atoms with van der Waals surface area (Å²) in [7, 11) is 0. The average Bonchev–Trinajstić information content (AvgIpc) is 2.92. The molecule has 1 saturated carbocycles. The summed E-state index contributed by atoms with van der Waals surface area (Å²) in [5.74, 6) is -0.357. The standard InChI is InChI=1S/C15H21F2N/c1-4-18-14(11-9-15(11,2)3)8-10-12(16)6-5-7-13(10)17/h5-7,11,14,18H,4,8-9H2,1-3H3. The summed E-state index contributed by atoms with van der Waals surface area (Å²) in [6.07, 6.45) is 1.56. The second-order valence-electron chi connectivity index (χ2n) is 5.87. The van der Waals surface area contributed by atoms with E-state index in [0.29, 0.717) is 17.8 Å². The molecule has 100 valence electrons. The van der Waals surface area contributed by atoms with Crippen LogP contribution in [-0.4, -0.2) is 12.6 Å². The zero-order valence-corrected chi connectivity index (χ0v) is 11.3. The molecule has 0 heterocycles. The average molecular weight is 253 g/mol. The summed E-state index contributed by atoms with van der Waals surface area (Å²) in [5, 5.41) is 3.37. The third-order valence-electron chi connectivity index (χ3n) is 4.03. The summed E-state index contributed by atoms with van der Waals surface area (Å²) >= 11 is 0. The van der Waals surface area contributed by atoms with Crippen molar-refractivity contribution in [2.24, 2.45) is 11.3 Å². The first-order valence-electron chi connectivity index (χ1n) is 6.62. The van der Waals surface area contributed by atoms with Crippen LogP contribution in [0, 0.1) is 23.0 Å². The van der Waals surface area contributed by atoms with Crippen LogP contribution in [0.3, 0.4) is 0 Å². The Balaban J connectivity index is 2.14. The van der Waals surface area contributed by atoms with Gasteiger partial charge < -0.3 is 5.32 Å². The third-order valence-corrected chi connectivity index (χ3v) is 4.03. The van der Waals surface area contributed by atoms with Crippen LogP contribution >= 0.6 is 0 Å². The van der Waals surface area contributed by atoms with E-state index in [1.807, 2.05) is 6.92 Å². The van der Waals surface area contributed by atoms with Crippen LogP contribution in [0.25, 0.3) is 0 Å². The molecule has 0 bridgehead atoms. The largest absolute Gasteiger partial charge is 0.314 e. The fraction of sp³-hybridized carbons (Fsp3) is 0.600. The van der Waals surface area contributed by atoms with Crippen molar-refractivity contribution >= 4 is 0 Å². The molecule has 1 aliphatic carbocycles. The number of likely N-dealkylation sites (N-methyl/N-ethyl adjacent to an activating group) is 1. The van der Waals surface area contributed by atoms with Gasteiger partial charge in [-0.2, -0.15) is 0 Å². The van der Waals surface area contributed by atoms with E-state index in [2.05, 4.69) is 19.2 Å². The van der Waals surface area contributed by atoms with Crippen molar-refractivity contribution < 1.29 is 8.78 Å². The Morgan fingerprint density at radius 3 is 2.33 bits per heavy atom. The monoisotopic (exact) mass is 253 g/mol. The van der Waals surface area contributed by atoms with Crippen molar-refractivity contribution in [2.45, 2.75) is 39.7 Å². The number of nitrogens with one attached hydrogen (secondary N) is 1. The number of hydrogen-bond donors (Lipinski definition) is 1. The Kier molecular flexibility index (Phi) is 3.71. The molecule has 18 heavy (non-hydrogen) atoms. The van der Waals surface area contributed by atoms with Gasteiger partial charge in [0, 0.05) is 11.6 Å². The lowest BCUT2D eigenvalue weighted by molar-refractivity contribution is 0.398. The Morgan fingerprint density at radius 1 is 1.33 bits per heavy atom. The van der Waals surface area contributed by atoms with E-state index in [4.69, 9.17) is 0 Å². The maximum atomic E-state index is 13.7. The Morgan fingerprint density at radius 2 is 1.89 bits per heavy atom. The molecule has 1 aliphatic rings. The highest BCUT2D eigenvalue weighted by atomic mass is 19.1. The van der Waals surface area contributed by atoms with Gasteiger partial charge in [-0.3, -0.25) is 0 Å². The van der Waals surface area contributed by atoms with Gasteiger partial charge in [0.1, 0.15) is 11.6 Å². The molecule has 0 aliphatic heterocycles. The number of benzene rings is 1. The molecule has 2 unspecified atom stereocenters. The smallest absolute Gasteiger partial charge is 0.129 e. The van der Waals surface area contributed by atoms with Crippen molar-refractivity contribution in [1.82, 2.24) is 5.32 Å². The summed E-state index contributed by atoms with van der Waals surface area (Å²) < 4.78 is 27.3. The molecule has 1 aromatic carbocycles. The highest BCUT2D eigenvalue weighted by Crippen LogP contribution is 2.54. The van der Waals surface area contributed by atoms with Crippen molar-refractivity contribution in [3.05, 3.63) is 35.4 Å². The first-order chi connectivity index (χ1) is 8.45. The number of hydrogen-bond acceptors (Lipinski definition) is 1. The minimum absolute atomic E-state index is 0.163. The van der Waals surface area contributed by atoms with Crippen LogP contribution in [0.2, 0.25) is 0 Å². The first kappa shape index (κ1) is 13.5. The minimum atomic E-state index is -0.434. The fourth-order valence-electron chi connectivity index (χ4n) is 2.76. The topological polar surface area (TPSA) is 12.0 Å². The molecule has 1 N–H and O–H groups in total. The summed E-state index contributed by atoms with van der Waals surface area (Å²) in [5.41, 5.74) is 0.514.